The van der Waals surface area contributed by atoms with Crippen LogP contribution in [0.3, 0.4) is 0 Å². The average Bonchev–Trinajstić information content (AvgIpc) is 2.82. The fraction of sp³-hybridized carbons (Fsp3) is 0.154. The molecule has 0 unspecified atom stereocenters. The van der Waals surface area contributed by atoms with Gasteiger partial charge in [0.15, 0.2) is 0 Å². The number of methoxy groups -OCH3 is 1. The lowest BCUT2D eigenvalue weighted by atomic mass is 10.3. The molecule has 1 heterocycles. The van der Waals surface area contributed by atoms with E-state index in [1.165, 1.54) is 20.1 Å². The van der Waals surface area contributed by atoms with Crippen molar-refractivity contribution in [2.45, 2.75) is 11.8 Å². The molecular formula is C13H13NO6S. The third kappa shape index (κ3) is 3.00. The van der Waals surface area contributed by atoms with Gasteiger partial charge in [-0.15, -0.1) is 0 Å². The van der Waals surface area contributed by atoms with E-state index in [0.29, 0.717) is 5.75 Å². The van der Waals surface area contributed by atoms with Crippen LogP contribution < -0.4 is 9.46 Å². The van der Waals surface area contributed by atoms with Gasteiger partial charge < -0.3 is 14.3 Å². The van der Waals surface area contributed by atoms with E-state index in [0.717, 1.165) is 6.07 Å². The van der Waals surface area contributed by atoms with Crippen LogP contribution in [0.25, 0.3) is 0 Å². The minimum Gasteiger partial charge on any atom is -0.495 e. The largest absolute Gasteiger partial charge is 0.495 e. The highest BCUT2D eigenvalue weighted by Gasteiger charge is 2.24. The molecule has 0 fully saturated rings. The number of anilines is 1. The number of carbonyl (C=O) groups is 1. The van der Waals surface area contributed by atoms with Crippen LogP contribution in [0.5, 0.6) is 5.75 Å². The number of para-hydroxylation sites is 2. The standard InChI is InChI=1S/C13H13NO6S/c1-8-12(7-11(20-8)13(15)16)21(17,18)14-9-5-3-4-6-10(9)19-2/h3-7,14H,1-2H3,(H,15,16). The number of aromatic carboxylic acids is 1. The molecule has 0 aliphatic carbocycles. The molecular weight excluding hydrogens is 298 g/mol. The van der Waals surface area contributed by atoms with E-state index in [9.17, 15) is 13.2 Å². The molecule has 0 radical (unpaired) electrons. The van der Waals surface area contributed by atoms with Crippen molar-refractivity contribution in [1.82, 2.24) is 0 Å². The van der Waals surface area contributed by atoms with Gasteiger partial charge in [-0.1, -0.05) is 12.1 Å². The first kappa shape index (κ1) is 14.9. The van der Waals surface area contributed by atoms with Crippen LogP contribution in [-0.2, 0) is 10.0 Å². The number of furan rings is 1. The molecule has 112 valence electrons. The smallest absolute Gasteiger partial charge is 0.371 e. The normalized spacial score (nSPS) is 11.1. The molecule has 0 aliphatic rings. The van der Waals surface area contributed by atoms with Crippen molar-refractivity contribution in [2.24, 2.45) is 0 Å². The number of carboxylic acid groups (broad SMARTS) is 1. The summed E-state index contributed by atoms with van der Waals surface area (Å²) >= 11 is 0. The third-order valence-corrected chi connectivity index (χ3v) is 4.20. The van der Waals surface area contributed by atoms with Crippen molar-refractivity contribution in [3.63, 3.8) is 0 Å². The van der Waals surface area contributed by atoms with Gasteiger partial charge in [0.25, 0.3) is 10.0 Å². The predicted octanol–water partition coefficient (Wildman–Crippen LogP) is 2.10. The van der Waals surface area contributed by atoms with Gasteiger partial charge in [0, 0.05) is 6.07 Å². The Hall–Kier alpha value is -2.48. The lowest BCUT2D eigenvalue weighted by Gasteiger charge is -2.10. The molecule has 21 heavy (non-hydrogen) atoms. The highest BCUT2D eigenvalue weighted by molar-refractivity contribution is 7.92. The first-order valence-electron chi connectivity index (χ1n) is 5.84. The Morgan fingerprint density at radius 2 is 2.00 bits per heavy atom. The molecule has 1 aromatic heterocycles. The molecule has 0 spiro atoms. The molecule has 1 aromatic carbocycles. The van der Waals surface area contributed by atoms with Gasteiger partial charge in [-0.25, -0.2) is 13.2 Å². The summed E-state index contributed by atoms with van der Waals surface area (Å²) in [4.78, 5) is 10.6. The molecule has 2 aromatic rings. The third-order valence-electron chi connectivity index (χ3n) is 2.72. The number of hydrogen-bond donors (Lipinski definition) is 2. The van der Waals surface area contributed by atoms with Crippen LogP contribution in [0, 0.1) is 6.92 Å². The van der Waals surface area contributed by atoms with E-state index in [1.807, 2.05) is 0 Å². The van der Waals surface area contributed by atoms with E-state index in [2.05, 4.69) is 4.72 Å². The van der Waals surface area contributed by atoms with E-state index >= 15 is 0 Å². The maximum absolute atomic E-state index is 12.3. The fourth-order valence-corrected chi connectivity index (χ4v) is 3.02. The molecule has 2 N–H and O–H groups in total. The van der Waals surface area contributed by atoms with Gasteiger partial charge in [-0.3, -0.25) is 4.72 Å². The maximum Gasteiger partial charge on any atom is 0.371 e. The van der Waals surface area contributed by atoms with E-state index in [-0.39, 0.29) is 16.3 Å². The molecule has 2 rings (SSSR count). The quantitative estimate of drug-likeness (QED) is 0.876. The summed E-state index contributed by atoms with van der Waals surface area (Å²) < 4.78 is 36.9. The average molecular weight is 311 g/mol. The lowest BCUT2D eigenvalue weighted by Crippen LogP contribution is -2.13. The molecule has 0 saturated heterocycles. The van der Waals surface area contributed by atoms with Gasteiger partial charge in [0.05, 0.1) is 12.8 Å². The Labute approximate surface area is 121 Å². The zero-order chi connectivity index (χ0) is 15.6. The molecule has 0 saturated carbocycles. The van der Waals surface area contributed by atoms with E-state index in [4.69, 9.17) is 14.3 Å². The monoisotopic (exact) mass is 311 g/mol. The number of carboxylic acids is 1. The van der Waals surface area contributed by atoms with Gasteiger partial charge >= 0.3 is 5.97 Å². The number of ether oxygens (including phenoxy) is 1. The van der Waals surface area contributed by atoms with Crippen LogP contribution in [0.4, 0.5) is 5.69 Å². The molecule has 0 atom stereocenters. The first-order valence-corrected chi connectivity index (χ1v) is 7.33. The van der Waals surface area contributed by atoms with Crippen molar-refractivity contribution in [3.8, 4) is 5.75 Å². The van der Waals surface area contributed by atoms with E-state index < -0.39 is 21.8 Å². The number of sulfonamides is 1. The number of nitrogens with one attached hydrogen (secondary N) is 1. The molecule has 7 nitrogen and oxygen atoms in total. The Bertz CT molecular complexity index is 778. The zero-order valence-electron chi connectivity index (χ0n) is 11.3. The van der Waals surface area contributed by atoms with Crippen LogP contribution in [-0.4, -0.2) is 26.6 Å². The Morgan fingerprint density at radius 1 is 1.33 bits per heavy atom. The summed E-state index contributed by atoms with van der Waals surface area (Å²) in [5, 5.41) is 8.83. The maximum atomic E-state index is 12.3. The molecule has 8 heteroatoms. The molecule has 0 bridgehead atoms. The zero-order valence-corrected chi connectivity index (χ0v) is 12.1. The minimum atomic E-state index is -3.98. The highest BCUT2D eigenvalue weighted by atomic mass is 32.2. The Morgan fingerprint density at radius 3 is 2.57 bits per heavy atom. The number of benzene rings is 1. The first-order chi connectivity index (χ1) is 9.85. The van der Waals surface area contributed by atoms with Crippen molar-refractivity contribution in [3.05, 3.63) is 41.9 Å². The molecule has 0 aliphatic heterocycles. The lowest BCUT2D eigenvalue weighted by molar-refractivity contribution is 0.0661. The second-order valence-electron chi connectivity index (χ2n) is 4.14. The van der Waals surface area contributed by atoms with Gasteiger partial charge in [-0.05, 0) is 19.1 Å². The summed E-state index contributed by atoms with van der Waals surface area (Å²) in [6.07, 6.45) is 0. The van der Waals surface area contributed by atoms with Crippen LogP contribution in [0.1, 0.15) is 16.3 Å². The summed E-state index contributed by atoms with van der Waals surface area (Å²) in [7, 11) is -2.56. The SMILES string of the molecule is COc1ccccc1NS(=O)(=O)c1cc(C(=O)O)oc1C. The summed E-state index contributed by atoms with van der Waals surface area (Å²) in [6, 6.07) is 7.44. The highest BCUT2D eigenvalue weighted by Crippen LogP contribution is 2.28. The minimum absolute atomic E-state index is 0.00482. The van der Waals surface area contributed by atoms with Crippen molar-refractivity contribution >= 4 is 21.7 Å². The Balaban J connectivity index is 2.41. The van der Waals surface area contributed by atoms with Crippen LogP contribution >= 0.6 is 0 Å². The second-order valence-corrected chi connectivity index (χ2v) is 5.79. The topological polar surface area (TPSA) is 106 Å². The number of rotatable bonds is 5. The van der Waals surface area contributed by atoms with Crippen molar-refractivity contribution < 1.29 is 27.5 Å². The molecule has 0 amide bonds. The fourth-order valence-electron chi connectivity index (χ4n) is 1.77. The van der Waals surface area contributed by atoms with Crippen LogP contribution in [0.15, 0.2) is 39.6 Å². The predicted molar refractivity (Wildman–Crippen MR) is 74.2 cm³/mol. The van der Waals surface area contributed by atoms with Crippen LogP contribution in [0.2, 0.25) is 0 Å². The van der Waals surface area contributed by atoms with E-state index in [1.54, 1.807) is 18.2 Å². The summed E-state index contributed by atoms with van der Waals surface area (Å²) in [5.41, 5.74) is 0.248. The number of aryl methyl sites for hydroxylation is 1. The number of hydrogen-bond acceptors (Lipinski definition) is 5. The summed E-state index contributed by atoms with van der Waals surface area (Å²) in [5.74, 6) is -1.43. The van der Waals surface area contributed by atoms with Gasteiger partial charge in [-0.2, -0.15) is 0 Å². The second kappa shape index (κ2) is 5.49. The van der Waals surface area contributed by atoms with Gasteiger partial charge in [0.1, 0.15) is 16.4 Å². The Kier molecular flexibility index (Phi) is 3.90. The van der Waals surface area contributed by atoms with Crippen molar-refractivity contribution in [1.29, 1.82) is 0 Å². The van der Waals surface area contributed by atoms with Gasteiger partial charge in [0.2, 0.25) is 5.76 Å². The van der Waals surface area contributed by atoms with Crippen molar-refractivity contribution in [2.75, 3.05) is 11.8 Å². The summed E-state index contributed by atoms with van der Waals surface area (Å²) in [6.45, 7) is 1.38.